The Hall–Kier alpha value is -5.00. The number of ether oxygens (including phenoxy) is 2. The molecule has 0 bridgehead atoms. The number of rotatable bonds is 10. The zero-order valence-electron chi connectivity index (χ0n) is 22.8. The van der Waals surface area contributed by atoms with Crippen molar-refractivity contribution >= 4 is 50.9 Å². The van der Waals surface area contributed by atoms with Gasteiger partial charge in [-0.2, -0.15) is 0 Å². The molecule has 12 heteroatoms. The number of primary amides is 1. The molecule has 43 heavy (non-hydrogen) atoms. The first-order chi connectivity index (χ1) is 20.8. The number of hydrogen-bond donors (Lipinski definition) is 2. The number of halogens is 1. The van der Waals surface area contributed by atoms with Crippen LogP contribution in [0.15, 0.2) is 73.3 Å². The summed E-state index contributed by atoms with van der Waals surface area (Å²) in [5.74, 6) is -0.355. The molecular weight excluding hydrogens is 574 g/mol. The molecule has 11 nitrogen and oxygen atoms in total. The number of ketones is 1. The minimum atomic E-state index is -0.986. The fourth-order valence-electron chi connectivity index (χ4n) is 5.15. The summed E-state index contributed by atoms with van der Waals surface area (Å²) in [4.78, 5) is 47.8. The van der Waals surface area contributed by atoms with Crippen LogP contribution in [0.2, 0.25) is 5.02 Å². The Balaban J connectivity index is 1.29. The van der Waals surface area contributed by atoms with E-state index in [1.165, 1.54) is 18.6 Å². The first-order valence-electron chi connectivity index (χ1n) is 13.5. The lowest BCUT2D eigenvalue weighted by molar-refractivity contribution is -0.134. The van der Waals surface area contributed by atoms with Gasteiger partial charge in [-0.05, 0) is 53.6 Å². The third kappa shape index (κ3) is 5.85. The Kier molecular flexibility index (Phi) is 7.66. The summed E-state index contributed by atoms with van der Waals surface area (Å²) in [5, 5.41) is 12.5. The SMILES string of the molecule is NC(=O)c1cc2cc(Cl)ccc2cc1OCC(=O)c1cn(CCN2CC[C@H](O)C2=O)c2cc(Oc3cnccn3)ccc12. The molecule has 6 rings (SSSR count). The number of nitrogens with zero attached hydrogens (tertiary/aromatic N) is 4. The van der Waals surface area contributed by atoms with Gasteiger partial charge in [0.2, 0.25) is 11.7 Å². The van der Waals surface area contributed by atoms with Gasteiger partial charge in [0, 0.05) is 60.3 Å². The van der Waals surface area contributed by atoms with Crippen LogP contribution in [-0.2, 0) is 11.3 Å². The lowest BCUT2D eigenvalue weighted by Crippen LogP contribution is -2.32. The average Bonchev–Trinajstić information content (AvgIpc) is 3.53. The number of aliphatic hydroxyl groups is 1. The molecule has 5 aromatic rings. The summed E-state index contributed by atoms with van der Waals surface area (Å²) >= 11 is 6.10. The highest BCUT2D eigenvalue weighted by atomic mass is 35.5. The number of carbonyl (C=O) groups is 3. The van der Waals surface area contributed by atoms with E-state index in [1.807, 2.05) is 4.57 Å². The molecule has 1 aliphatic rings. The van der Waals surface area contributed by atoms with Gasteiger partial charge in [0.1, 0.15) is 17.6 Å². The van der Waals surface area contributed by atoms with Crippen molar-refractivity contribution in [2.45, 2.75) is 19.1 Å². The molecule has 0 radical (unpaired) electrons. The van der Waals surface area contributed by atoms with E-state index in [0.717, 1.165) is 5.39 Å². The van der Waals surface area contributed by atoms with Crippen LogP contribution >= 0.6 is 11.6 Å². The van der Waals surface area contributed by atoms with Crippen molar-refractivity contribution in [1.29, 1.82) is 0 Å². The molecule has 3 aromatic carbocycles. The zero-order valence-corrected chi connectivity index (χ0v) is 23.5. The molecule has 218 valence electrons. The van der Waals surface area contributed by atoms with E-state index < -0.39 is 12.0 Å². The van der Waals surface area contributed by atoms with Crippen LogP contribution in [0.5, 0.6) is 17.4 Å². The monoisotopic (exact) mass is 599 g/mol. The molecule has 3 heterocycles. The van der Waals surface area contributed by atoms with Crippen LogP contribution in [0.3, 0.4) is 0 Å². The summed E-state index contributed by atoms with van der Waals surface area (Å²) in [6.07, 6.45) is 5.65. The normalized spacial score (nSPS) is 14.9. The number of fused-ring (bicyclic) bond motifs is 2. The van der Waals surface area contributed by atoms with Crippen LogP contribution in [0.25, 0.3) is 21.7 Å². The number of aliphatic hydroxyl groups excluding tert-OH is 1. The van der Waals surface area contributed by atoms with Crippen molar-refractivity contribution < 1.29 is 29.0 Å². The maximum absolute atomic E-state index is 13.5. The van der Waals surface area contributed by atoms with Gasteiger partial charge in [0.25, 0.3) is 11.8 Å². The molecule has 1 aliphatic heterocycles. The number of hydrogen-bond acceptors (Lipinski definition) is 8. The van der Waals surface area contributed by atoms with E-state index in [0.29, 0.717) is 64.6 Å². The van der Waals surface area contributed by atoms with E-state index in [4.69, 9.17) is 26.8 Å². The molecule has 2 amide bonds. The highest BCUT2D eigenvalue weighted by Gasteiger charge is 2.29. The van der Waals surface area contributed by atoms with Crippen molar-refractivity contribution in [2.24, 2.45) is 5.73 Å². The minimum Gasteiger partial charge on any atom is -0.485 e. The minimum absolute atomic E-state index is 0.133. The predicted octanol–water partition coefficient (Wildman–Crippen LogP) is 3.98. The maximum atomic E-state index is 13.5. The van der Waals surface area contributed by atoms with Crippen LogP contribution in [0.4, 0.5) is 0 Å². The standard InChI is InChI=1S/C31H26ClN5O6/c32-20-2-1-18-13-28(23(30(33)40)12-19(18)11-20)42-17-27(39)24-16-37(10-9-36-8-5-26(38)31(36)41)25-14-21(3-4-22(24)25)43-29-15-34-6-7-35-29/h1-4,6-7,11-16,26,38H,5,8-10,17H2,(H2,33,40)/t26-/m0/s1. The molecule has 1 atom stereocenters. The second-order valence-corrected chi connectivity index (χ2v) is 10.5. The van der Waals surface area contributed by atoms with E-state index in [-0.39, 0.29) is 29.6 Å². The highest BCUT2D eigenvalue weighted by molar-refractivity contribution is 6.31. The molecule has 2 aromatic heterocycles. The number of amides is 2. The van der Waals surface area contributed by atoms with Gasteiger partial charge >= 0.3 is 0 Å². The Morgan fingerprint density at radius 1 is 1.05 bits per heavy atom. The Bertz CT molecular complexity index is 1880. The lowest BCUT2D eigenvalue weighted by Gasteiger charge is -2.16. The van der Waals surface area contributed by atoms with Crippen LogP contribution < -0.4 is 15.2 Å². The van der Waals surface area contributed by atoms with Crippen molar-refractivity contribution in [2.75, 3.05) is 19.7 Å². The van der Waals surface area contributed by atoms with E-state index in [2.05, 4.69) is 9.97 Å². The lowest BCUT2D eigenvalue weighted by atomic mass is 10.1. The van der Waals surface area contributed by atoms with E-state index in [9.17, 15) is 19.5 Å². The smallest absolute Gasteiger partial charge is 0.252 e. The second kappa shape index (κ2) is 11.7. The molecule has 0 saturated carbocycles. The second-order valence-electron chi connectivity index (χ2n) is 10.1. The molecule has 1 fully saturated rings. The fourth-order valence-corrected chi connectivity index (χ4v) is 5.34. The number of Topliss-reactive ketones (excluding diaryl/α,β-unsaturated/α-hetero) is 1. The van der Waals surface area contributed by atoms with E-state index in [1.54, 1.807) is 59.6 Å². The first-order valence-corrected chi connectivity index (χ1v) is 13.9. The number of likely N-dealkylation sites (tertiary alicyclic amines) is 1. The zero-order chi connectivity index (χ0) is 30.1. The molecular formula is C31H26ClN5O6. The van der Waals surface area contributed by atoms with Crippen molar-refractivity contribution in [1.82, 2.24) is 19.4 Å². The van der Waals surface area contributed by atoms with Gasteiger partial charge < -0.3 is 29.8 Å². The van der Waals surface area contributed by atoms with Crippen molar-refractivity contribution in [3.05, 3.63) is 89.5 Å². The number of benzene rings is 3. The molecule has 3 N–H and O–H groups in total. The topological polar surface area (TPSA) is 150 Å². The third-order valence-electron chi connectivity index (χ3n) is 7.32. The number of nitrogens with two attached hydrogens (primary N) is 1. The summed E-state index contributed by atoms with van der Waals surface area (Å²) in [6, 6.07) is 13.7. The molecule has 0 aliphatic carbocycles. The fraction of sp³-hybridized carbons (Fsp3) is 0.194. The molecule has 0 unspecified atom stereocenters. The Labute approximate surface area is 250 Å². The van der Waals surface area contributed by atoms with Gasteiger partial charge in [-0.25, -0.2) is 4.98 Å². The third-order valence-corrected chi connectivity index (χ3v) is 7.56. The highest BCUT2D eigenvalue weighted by Crippen LogP contribution is 2.31. The average molecular weight is 600 g/mol. The molecule has 0 spiro atoms. The van der Waals surface area contributed by atoms with Gasteiger partial charge in [0.05, 0.1) is 17.3 Å². The summed E-state index contributed by atoms with van der Waals surface area (Å²) in [5.41, 5.74) is 6.82. The van der Waals surface area contributed by atoms with Crippen LogP contribution in [0, 0.1) is 0 Å². The van der Waals surface area contributed by atoms with Crippen molar-refractivity contribution in [3.8, 4) is 17.4 Å². The molecule has 1 saturated heterocycles. The quantitative estimate of drug-likeness (QED) is 0.229. The maximum Gasteiger partial charge on any atom is 0.252 e. The Morgan fingerprint density at radius 2 is 1.91 bits per heavy atom. The summed E-state index contributed by atoms with van der Waals surface area (Å²) in [6.45, 7) is 0.825. The Morgan fingerprint density at radius 3 is 2.65 bits per heavy atom. The van der Waals surface area contributed by atoms with Gasteiger partial charge in [-0.1, -0.05) is 17.7 Å². The van der Waals surface area contributed by atoms with Crippen LogP contribution in [0.1, 0.15) is 27.1 Å². The van der Waals surface area contributed by atoms with Gasteiger partial charge in [0.15, 0.2) is 6.61 Å². The number of carbonyl (C=O) groups excluding carboxylic acids is 3. The first kappa shape index (κ1) is 28.1. The van der Waals surface area contributed by atoms with Gasteiger partial charge in [-0.3, -0.25) is 19.4 Å². The largest absolute Gasteiger partial charge is 0.485 e. The summed E-state index contributed by atoms with van der Waals surface area (Å²) in [7, 11) is 0. The van der Waals surface area contributed by atoms with E-state index >= 15 is 0 Å². The van der Waals surface area contributed by atoms with Gasteiger partial charge in [-0.15, -0.1) is 0 Å². The predicted molar refractivity (Wildman–Crippen MR) is 159 cm³/mol. The van der Waals surface area contributed by atoms with Crippen LogP contribution in [-0.4, -0.2) is 67.9 Å². The van der Waals surface area contributed by atoms with Crippen molar-refractivity contribution in [3.63, 3.8) is 0 Å². The number of aromatic nitrogens is 3. The summed E-state index contributed by atoms with van der Waals surface area (Å²) < 4.78 is 13.6.